The topological polar surface area (TPSA) is 38.2 Å². The molecule has 1 aliphatic carbocycles. The van der Waals surface area contributed by atoms with Crippen LogP contribution in [0.15, 0.2) is 12.4 Å². The quantitative estimate of drug-likeness (QED) is 0.803. The Morgan fingerprint density at radius 1 is 1.33 bits per heavy atom. The van der Waals surface area contributed by atoms with E-state index < -0.39 is 0 Å². The lowest BCUT2D eigenvalue weighted by atomic mass is 9.88. The maximum absolute atomic E-state index is 5.81. The van der Waals surface area contributed by atoms with E-state index in [-0.39, 0.29) is 0 Å². The normalized spacial score (nSPS) is 23.2. The molecule has 4 nitrogen and oxygen atoms in total. The van der Waals surface area contributed by atoms with Crippen LogP contribution in [-0.4, -0.2) is 40.6 Å². The van der Waals surface area contributed by atoms with Crippen LogP contribution in [0.5, 0.6) is 5.88 Å². The number of aromatic nitrogens is 2. The van der Waals surface area contributed by atoms with Crippen LogP contribution in [0, 0.1) is 0 Å². The Hall–Kier alpha value is -1.16. The lowest BCUT2D eigenvalue weighted by Crippen LogP contribution is -2.47. The minimum Gasteiger partial charge on any atom is -0.473 e. The van der Waals surface area contributed by atoms with Gasteiger partial charge in [0, 0.05) is 18.9 Å². The average Bonchev–Trinajstić information content (AvgIpc) is 2.33. The van der Waals surface area contributed by atoms with E-state index in [1.54, 1.807) is 6.20 Å². The van der Waals surface area contributed by atoms with Crippen LogP contribution in [0.4, 0.5) is 0 Å². The lowest BCUT2D eigenvalue weighted by molar-refractivity contribution is 0.0284. The van der Waals surface area contributed by atoms with Crippen molar-refractivity contribution in [1.29, 1.82) is 0 Å². The van der Waals surface area contributed by atoms with Crippen LogP contribution >= 0.6 is 0 Å². The third-order valence-electron chi connectivity index (χ3n) is 3.72. The first kappa shape index (κ1) is 13.3. The molecule has 0 spiro atoms. The van der Waals surface area contributed by atoms with E-state index in [1.807, 2.05) is 6.20 Å². The Kier molecular flexibility index (Phi) is 4.17. The van der Waals surface area contributed by atoms with Crippen LogP contribution in [0.3, 0.4) is 0 Å². The summed E-state index contributed by atoms with van der Waals surface area (Å²) >= 11 is 0. The average molecular weight is 249 g/mol. The van der Waals surface area contributed by atoms with E-state index >= 15 is 0 Å². The maximum Gasteiger partial charge on any atom is 0.232 e. The molecule has 0 N–H and O–H groups in total. The molecule has 1 aromatic rings. The summed E-state index contributed by atoms with van der Waals surface area (Å²) in [5.74, 6) is 1.07. The molecule has 18 heavy (non-hydrogen) atoms. The van der Waals surface area contributed by atoms with Gasteiger partial charge in [0.15, 0.2) is 0 Å². The highest BCUT2D eigenvalue weighted by Crippen LogP contribution is 2.28. The van der Waals surface area contributed by atoms with Gasteiger partial charge in [0.25, 0.3) is 0 Å². The summed E-state index contributed by atoms with van der Waals surface area (Å²) in [5, 5.41) is 0. The number of hydrogen-bond donors (Lipinski definition) is 0. The minimum absolute atomic E-state index is 0.309. The molecule has 1 fully saturated rings. The first-order chi connectivity index (χ1) is 8.60. The number of ether oxygens (including phenoxy) is 1. The fraction of sp³-hybridized carbons (Fsp3) is 0.714. The Balaban J connectivity index is 1.81. The second-order valence-electron chi connectivity index (χ2n) is 5.37. The largest absolute Gasteiger partial charge is 0.473 e. The van der Waals surface area contributed by atoms with Crippen molar-refractivity contribution in [2.75, 3.05) is 13.6 Å². The van der Waals surface area contributed by atoms with Gasteiger partial charge in [0.2, 0.25) is 5.88 Å². The summed E-state index contributed by atoms with van der Waals surface area (Å²) < 4.78 is 5.81. The first-order valence-electron chi connectivity index (χ1n) is 6.79. The van der Waals surface area contributed by atoms with Crippen molar-refractivity contribution in [2.45, 2.75) is 51.7 Å². The molecule has 0 saturated heterocycles. The molecule has 0 radical (unpaired) electrons. The predicted molar refractivity (Wildman–Crippen MR) is 71.9 cm³/mol. The van der Waals surface area contributed by atoms with Crippen molar-refractivity contribution in [3.8, 4) is 5.88 Å². The van der Waals surface area contributed by atoms with E-state index in [0.717, 1.165) is 25.1 Å². The summed E-state index contributed by atoms with van der Waals surface area (Å²) in [6.45, 7) is 7.51. The van der Waals surface area contributed by atoms with Crippen molar-refractivity contribution in [3.63, 3.8) is 0 Å². The van der Waals surface area contributed by atoms with Gasteiger partial charge in [-0.3, -0.25) is 4.98 Å². The van der Waals surface area contributed by atoms with E-state index in [0.29, 0.717) is 23.9 Å². The Morgan fingerprint density at radius 2 is 2.06 bits per heavy atom. The van der Waals surface area contributed by atoms with Gasteiger partial charge in [0.05, 0.1) is 18.1 Å². The van der Waals surface area contributed by atoms with E-state index in [2.05, 4.69) is 42.7 Å². The van der Waals surface area contributed by atoms with Gasteiger partial charge in [-0.1, -0.05) is 20.8 Å². The zero-order valence-corrected chi connectivity index (χ0v) is 11.8. The summed E-state index contributed by atoms with van der Waals surface area (Å²) in [5.41, 5.74) is 1.01. The summed E-state index contributed by atoms with van der Waals surface area (Å²) in [4.78, 5) is 11.0. The van der Waals surface area contributed by atoms with Crippen molar-refractivity contribution >= 4 is 0 Å². The van der Waals surface area contributed by atoms with Crippen LogP contribution in [-0.2, 0) is 0 Å². The van der Waals surface area contributed by atoms with E-state index in [9.17, 15) is 0 Å². The zero-order valence-electron chi connectivity index (χ0n) is 11.8. The number of rotatable bonds is 5. The smallest absolute Gasteiger partial charge is 0.232 e. The fourth-order valence-corrected chi connectivity index (χ4v) is 2.11. The summed E-state index contributed by atoms with van der Waals surface area (Å²) in [7, 11) is 2.16. The monoisotopic (exact) mass is 249 g/mol. The number of hydrogen-bond acceptors (Lipinski definition) is 4. The standard InChI is InChI=1S/C14H23N3O/c1-5-17(4)11-6-12(7-11)18-14-9-15-13(8-16-14)10(2)3/h8-12H,5-7H2,1-4H3/t11-,12-. The highest BCUT2D eigenvalue weighted by atomic mass is 16.5. The molecule has 0 unspecified atom stereocenters. The molecule has 0 aliphatic heterocycles. The molecule has 1 aliphatic rings. The third kappa shape index (κ3) is 2.99. The summed E-state index contributed by atoms with van der Waals surface area (Å²) in [6, 6.07) is 0.669. The Bertz CT molecular complexity index is 371. The molecule has 0 atom stereocenters. The molecule has 2 rings (SSSR count). The molecule has 1 aromatic heterocycles. The first-order valence-corrected chi connectivity index (χ1v) is 6.79. The van der Waals surface area contributed by atoms with Crippen LogP contribution in [0.2, 0.25) is 0 Å². The molecule has 1 heterocycles. The van der Waals surface area contributed by atoms with Gasteiger partial charge < -0.3 is 9.64 Å². The Morgan fingerprint density at radius 3 is 2.56 bits per heavy atom. The Labute approximate surface area is 109 Å². The highest BCUT2D eigenvalue weighted by Gasteiger charge is 2.33. The molecule has 1 saturated carbocycles. The molecule has 100 valence electrons. The van der Waals surface area contributed by atoms with Crippen molar-refractivity contribution < 1.29 is 4.74 Å². The molecular weight excluding hydrogens is 226 g/mol. The van der Waals surface area contributed by atoms with Gasteiger partial charge in [-0.05, 0) is 19.5 Å². The zero-order chi connectivity index (χ0) is 13.1. The van der Waals surface area contributed by atoms with Gasteiger partial charge >= 0.3 is 0 Å². The van der Waals surface area contributed by atoms with Crippen LogP contribution in [0.25, 0.3) is 0 Å². The fourth-order valence-electron chi connectivity index (χ4n) is 2.11. The molecule has 0 amide bonds. The molecule has 0 bridgehead atoms. The van der Waals surface area contributed by atoms with E-state index in [1.165, 1.54) is 0 Å². The molecular formula is C14H23N3O. The van der Waals surface area contributed by atoms with Crippen molar-refractivity contribution in [2.24, 2.45) is 0 Å². The van der Waals surface area contributed by atoms with Gasteiger partial charge in [-0.15, -0.1) is 0 Å². The van der Waals surface area contributed by atoms with E-state index in [4.69, 9.17) is 4.74 Å². The third-order valence-corrected chi connectivity index (χ3v) is 3.72. The van der Waals surface area contributed by atoms with Gasteiger partial charge in [-0.2, -0.15) is 0 Å². The van der Waals surface area contributed by atoms with Gasteiger partial charge in [0.1, 0.15) is 6.10 Å². The SMILES string of the molecule is CCN(C)[C@H]1C[C@H](Oc2cnc(C(C)C)cn2)C1. The second-order valence-corrected chi connectivity index (χ2v) is 5.37. The number of nitrogens with zero attached hydrogens (tertiary/aromatic N) is 3. The van der Waals surface area contributed by atoms with Crippen molar-refractivity contribution in [1.82, 2.24) is 14.9 Å². The minimum atomic E-state index is 0.309. The van der Waals surface area contributed by atoms with Crippen LogP contribution in [0.1, 0.15) is 45.2 Å². The summed E-state index contributed by atoms with van der Waals surface area (Å²) in [6.07, 6.45) is 6.05. The predicted octanol–water partition coefficient (Wildman–Crippen LogP) is 2.46. The molecule has 4 heteroatoms. The van der Waals surface area contributed by atoms with Crippen molar-refractivity contribution in [3.05, 3.63) is 18.1 Å². The van der Waals surface area contributed by atoms with Crippen LogP contribution < -0.4 is 4.74 Å². The van der Waals surface area contributed by atoms with Gasteiger partial charge in [-0.25, -0.2) is 4.98 Å². The second kappa shape index (κ2) is 5.65. The highest BCUT2D eigenvalue weighted by molar-refractivity contribution is 5.10. The maximum atomic E-state index is 5.81. The lowest BCUT2D eigenvalue weighted by Gasteiger charge is -2.40. The molecule has 0 aromatic carbocycles.